The summed E-state index contributed by atoms with van der Waals surface area (Å²) in [4.78, 5) is 35.3. The van der Waals surface area contributed by atoms with Gasteiger partial charge in [0.2, 0.25) is 0 Å². The number of methoxy groups -OCH3 is 1. The lowest BCUT2D eigenvalue weighted by molar-refractivity contribution is 0.0923. The van der Waals surface area contributed by atoms with Gasteiger partial charge in [0.25, 0.3) is 11.8 Å². The molecule has 44 heavy (non-hydrogen) atoms. The van der Waals surface area contributed by atoms with Crippen LogP contribution in [0, 0.1) is 6.92 Å². The molecule has 9 heteroatoms. The van der Waals surface area contributed by atoms with Crippen LogP contribution in [-0.2, 0) is 6.54 Å². The number of hydrogen-bond donors (Lipinski definition) is 2. The van der Waals surface area contributed by atoms with Gasteiger partial charge < -0.3 is 29.9 Å². The zero-order valence-corrected chi connectivity index (χ0v) is 26.3. The lowest BCUT2D eigenvalue weighted by Crippen LogP contribution is -2.50. The first kappa shape index (κ1) is 31.3. The minimum atomic E-state index is -0.152. The fraction of sp³-hybridized carbons (Fsp3) is 0.457. The minimum Gasteiger partial charge on any atom is -0.496 e. The molecule has 3 aromatic rings. The normalized spacial score (nSPS) is 19.1. The van der Waals surface area contributed by atoms with E-state index in [0.717, 1.165) is 73.8 Å². The predicted octanol–water partition coefficient (Wildman–Crippen LogP) is 4.98. The van der Waals surface area contributed by atoms with Crippen LogP contribution in [0.25, 0.3) is 0 Å². The van der Waals surface area contributed by atoms with Crippen LogP contribution in [0.5, 0.6) is 11.5 Å². The molecule has 2 amide bonds. The quantitative estimate of drug-likeness (QED) is 0.286. The molecule has 2 fully saturated rings. The van der Waals surface area contributed by atoms with Gasteiger partial charge in [-0.3, -0.25) is 9.59 Å². The third kappa shape index (κ3) is 7.33. The number of pyridine rings is 1. The van der Waals surface area contributed by atoms with Gasteiger partial charge in [-0.05, 0) is 87.7 Å². The number of carbonyl (C=O) groups is 2. The summed E-state index contributed by atoms with van der Waals surface area (Å²) in [6.45, 7) is 10.2. The van der Waals surface area contributed by atoms with E-state index in [0.29, 0.717) is 36.4 Å². The summed E-state index contributed by atoms with van der Waals surface area (Å²) in [5, 5.41) is 6.27. The Morgan fingerprint density at radius 2 is 1.70 bits per heavy atom. The molecule has 2 bridgehead atoms. The van der Waals surface area contributed by atoms with Crippen LogP contribution >= 0.6 is 0 Å². The van der Waals surface area contributed by atoms with Crippen LogP contribution in [0.1, 0.15) is 71.4 Å². The Morgan fingerprint density at radius 3 is 2.34 bits per heavy atom. The van der Waals surface area contributed by atoms with E-state index >= 15 is 0 Å². The van der Waals surface area contributed by atoms with Crippen LogP contribution < -0.4 is 25.0 Å². The number of piperidine rings is 1. The predicted molar refractivity (Wildman–Crippen MR) is 173 cm³/mol. The number of carbonyl (C=O) groups excluding carboxylic acids is 2. The SMILES string of the molecule is CCN(CC)CCOc1ccc(CNC(=O)c2ccc(N3[C@@H]4CC[C@H]3CC(NC(=O)c3cccc(OC)c3C)C4)nc2)cc1. The fourth-order valence-corrected chi connectivity index (χ4v) is 6.51. The summed E-state index contributed by atoms with van der Waals surface area (Å²) in [7, 11) is 1.62. The number of hydrogen-bond acceptors (Lipinski definition) is 7. The number of amides is 2. The standard InChI is InChI=1S/C35H45N5O4/c1-5-39(6-2)18-19-44-30-15-10-25(11-16-30)22-37-34(41)26-12-17-33(36-23-26)40-28-13-14-29(40)21-27(20-28)38-35(42)31-8-7-9-32(43-4)24(31)3/h7-12,15-17,23,27-29H,5-6,13-14,18-22H2,1-4H3,(H,37,41)(H,38,42)/t27?,28-,29+. The molecule has 5 rings (SSSR count). The first-order valence-corrected chi connectivity index (χ1v) is 15.8. The number of ether oxygens (including phenoxy) is 2. The van der Waals surface area contributed by atoms with E-state index in [-0.39, 0.29) is 17.9 Å². The average Bonchev–Trinajstić information content (AvgIpc) is 3.32. The minimum absolute atomic E-state index is 0.0529. The highest BCUT2D eigenvalue weighted by Crippen LogP contribution is 2.38. The van der Waals surface area contributed by atoms with Crippen LogP contribution in [0.3, 0.4) is 0 Å². The summed E-state index contributed by atoms with van der Waals surface area (Å²) >= 11 is 0. The summed E-state index contributed by atoms with van der Waals surface area (Å²) in [6.07, 6.45) is 5.54. The van der Waals surface area contributed by atoms with Crippen molar-refractivity contribution in [1.82, 2.24) is 20.5 Å². The van der Waals surface area contributed by atoms with Crippen molar-refractivity contribution in [1.29, 1.82) is 0 Å². The molecule has 0 spiro atoms. The molecular formula is C35H45N5O4. The van der Waals surface area contributed by atoms with Crippen molar-refractivity contribution in [2.45, 2.75) is 71.1 Å². The van der Waals surface area contributed by atoms with Crippen molar-refractivity contribution in [3.63, 3.8) is 0 Å². The summed E-state index contributed by atoms with van der Waals surface area (Å²) in [5.74, 6) is 2.24. The van der Waals surface area contributed by atoms with Gasteiger partial charge in [-0.2, -0.15) is 0 Å². The fourth-order valence-electron chi connectivity index (χ4n) is 6.51. The third-order valence-electron chi connectivity index (χ3n) is 9.04. The summed E-state index contributed by atoms with van der Waals surface area (Å²) in [5.41, 5.74) is 3.05. The van der Waals surface area contributed by atoms with E-state index in [2.05, 4.69) is 34.3 Å². The van der Waals surface area contributed by atoms with Crippen LogP contribution in [0.2, 0.25) is 0 Å². The molecule has 0 saturated carbocycles. The van der Waals surface area contributed by atoms with Crippen LogP contribution in [-0.4, -0.2) is 73.2 Å². The van der Waals surface area contributed by atoms with E-state index in [4.69, 9.17) is 14.5 Å². The molecule has 2 aromatic carbocycles. The van der Waals surface area contributed by atoms with Crippen molar-refractivity contribution in [2.75, 3.05) is 38.3 Å². The molecule has 234 valence electrons. The molecule has 2 N–H and O–H groups in total. The van der Waals surface area contributed by atoms with Gasteiger partial charge in [0.15, 0.2) is 0 Å². The summed E-state index contributed by atoms with van der Waals surface area (Å²) < 4.78 is 11.3. The van der Waals surface area contributed by atoms with E-state index in [1.165, 1.54) is 0 Å². The van der Waals surface area contributed by atoms with E-state index in [1.54, 1.807) is 13.3 Å². The molecule has 1 aromatic heterocycles. The highest BCUT2D eigenvalue weighted by atomic mass is 16.5. The zero-order valence-electron chi connectivity index (χ0n) is 26.3. The number of nitrogens with one attached hydrogen (secondary N) is 2. The Bertz CT molecular complexity index is 1390. The second-order valence-electron chi connectivity index (χ2n) is 11.7. The van der Waals surface area contributed by atoms with E-state index in [1.807, 2.05) is 61.5 Å². The molecule has 0 aliphatic carbocycles. The van der Waals surface area contributed by atoms with Gasteiger partial charge in [-0.25, -0.2) is 4.98 Å². The molecule has 3 atom stereocenters. The number of benzene rings is 2. The molecule has 1 unspecified atom stereocenters. The lowest BCUT2D eigenvalue weighted by atomic mass is 9.96. The second kappa shape index (κ2) is 14.6. The summed E-state index contributed by atoms with van der Waals surface area (Å²) in [6, 6.07) is 17.9. The van der Waals surface area contributed by atoms with Crippen LogP contribution in [0.4, 0.5) is 5.82 Å². The maximum Gasteiger partial charge on any atom is 0.253 e. The second-order valence-corrected chi connectivity index (χ2v) is 11.7. The lowest BCUT2D eigenvalue weighted by Gasteiger charge is -2.40. The number of likely N-dealkylation sites (N-methyl/N-ethyl adjacent to an activating group) is 1. The molecule has 0 radical (unpaired) electrons. The van der Waals surface area contributed by atoms with E-state index in [9.17, 15) is 9.59 Å². The first-order valence-electron chi connectivity index (χ1n) is 15.8. The van der Waals surface area contributed by atoms with Crippen molar-refractivity contribution in [3.05, 3.63) is 83.0 Å². The largest absolute Gasteiger partial charge is 0.496 e. The van der Waals surface area contributed by atoms with Crippen molar-refractivity contribution in [2.24, 2.45) is 0 Å². The number of rotatable bonds is 13. The van der Waals surface area contributed by atoms with Crippen LogP contribution in [0.15, 0.2) is 60.8 Å². The van der Waals surface area contributed by atoms with Crippen molar-refractivity contribution in [3.8, 4) is 11.5 Å². The zero-order chi connectivity index (χ0) is 31.1. The highest BCUT2D eigenvalue weighted by molar-refractivity contribution is 5.96. The number of fused-ring (bicyclic) bond motifs is 2. The van der Waals surface area contributed by atoms with E-state index < -0.39 is 0 Å². The molecule has 3 heterocycles. The maximum absolute atomic E-state index is 13.1. The Balaban J connectivity index is 1.11. The van der Waals surface area contributed by atoms with Gasteiger partial charge in [0.05, 0.1) is 12.7 Å². The highest BCUT2D eigenvalue weighted by Gasteiger charge is 2.42. The Hall–Kier alpha value is -4.11. The Labute approximate surface area is 260 Å². The smallest absolute Gasteiger partial charge is 0.253 e. The molecule has 2 aliphatic heterocycles. The van der Waals surface area contributed by atoms with Crippen molar-refractivity contribution < 1.29 is 19.1 Å². The first-order chi connectivity index (χ1) is 21.4. The number of anilines is 1. The number of aromatic nitrogens is 1. The third-order valence-corrected chi connectivity index (χ3v) is 9.04. The van der Waals surface area contributed by atoms with Gasteiger partial charge in [0.1, 0.15) is 23.9 Å². The topological polar surface area (TPSA) is 96.0 Å². The van der Waals surface area contributed by atoms with Gasteiger partial charge in [-0.1, -0.05) is 32.0 Å². The maximum atomic E-state index is 13.1. The van der Waals surface area contributed by atoms with Gasteiger partial charge in [-0.15, -0.1) is 0 Å². The molecule has 2 aliphatic rings. The Morgan fingerprint density at radius 1 is 0.977 bits per heavy atom. The average molecular weight is 600 g/mol. The van der Waals surface area contributed by atoms with Crippen molar-refractivity contribution >= 4 is 17.6 Å². The number of nitrogens with zero attached hydrogens (tertiary/aromatic N) is 3. The van der Waals surface area contributed by atoms with Gasteiger partial charge in [0, 0.05) is 48.5 Å². The molecule has 9 nitrogen and oxygen atoms in total. The van der Waals surface area contributed by atoms with Gasteiger partial charge >= 0.3 is 0 Å². The molecule has 2 saturated heterocycles. The molecular weight excluding hydrogens is 554 g/mol. The monoisotopic (exact) mass is 599 g/mol. The Kier molecular flexibility index (Phi) is 10.4.